The van der Waals surface area contributed by atoms with E-state index in [1.54, 1.807) is 0 Å². The fourth-order valence-electron chi connectivity index (χ4n) is 4.01. The standard InChI is InChI=1S/C20H30N4O3/c1-3-14(9-15-7-5-4-6-8-15)10-17(23-13(2)25)20(24-19(21)22)11-16(12-20)18(26)27/h4-8,14,16-17H,3,9-12H2,1-2H3,(H,23,25)(H,26,27)(H4,21,22,24). The minimum absolute atomic E-state index is 0.0784. The lowest BCUT2D eigenvalue weighted by molar-refractivity contribution is -0.147. The first kappa shape index (κ1) is 20.7. The van der Waals surface area contributed by atoms with Gasteiger partial charge in [-0.1, -0.05) is 43.7 Å². The summed E-state index contributed by atoms with van der Waals surface area (Å²) < 4.78 is 0. The van der Waals surface area contributed by atoms with Crippen molar-refractivity contribution in [3.8, 4) is 0 Å². The van der Waals surface area contributed by atoms with Crippen LogP contribution in [0.4, 0.5) is 0 Å². The molecule has 0 bridgehead atoms. The lowest BCUT2D eigenvalue weighted by Gasteiger charge is -2.48. The number of nitrogens with zero attached hydrogens (tertiary/aromatic N) is 1. The SMILES string of the molecule is CCC(Cc1ccccc1)CC(NC(C)=O)C1(N=C(N)N)CC(C(=O)O)C1. The molecule has 1 amide bonds. The molecule has 0 saturated heterocycles. The second-order valence-electron chi connectivity index (χ2n) is 7.54. The highest BCUT2D eigenvalue weighted by Crippen LogP contribution is 2.45. The maximum absolute atomic E-state index is 11.8. The van der Waals surface area contributed by atoms with E-state index in [0.29, 0.717) is 25.2 Å². The number of benzene rings is 1. The number of nitrogens with two attached hydrogens (primary N) is 2. The number of hydrogen-bond donors (Lipinski definition) is 4. The van der Waals surface area contributed by atoms with Crippen LogP contribution in [0.1, 0.15) is 45.1 Å². The number of carboxylic acid groups (broad SMARTS) is 1. The van der Waals surface area contributed by atoms with Crippen molar-refractivity contribution in [2.45, 2.75) is 57.5 Å². The summed E-state index contributed by atoms with van der Waals surface area (Å²) in [6.45, 7) is 3.58. The van der Waals surface area contributed by atoms with Crippen molar-refractivity contribution in [1.29, 1.82) is 0 Å². The highest BCUT2D eigenvalue weighted by molar-refractivity contribution is 5.78. The van der Waals surface area contributed by atoms with E-state index in [-0.39, 0.29) is 17.9 Å². The molecule has 1 aliphatic rings. The molecule has 7 nitrogen and oxygen atoms in total. The van der Waals surface area contributed by atoms with Crippen LogP contribution in [0.2, 0.25) is 0 Å². The van der Waals surface area contributed by atoms with Crippen molar-refractivity contribution in [3.63, 3.8) is 0 Å². The number of guanidine groups is 1. The third-order valence-electron chi connectivity index (χ3n) is 5.44. The number of amides is 1. The summed E-state index contributed by atoms with van der Waals surface area (Å²) >= 11 is 0. The maximum atomic E-state index is 11.8. The molecule has 6 N–H and O–H groups in total. The minimum Gasteiger partial charge on any atom is -0.481 e. The number of aliphatic imine (C=N–C) groups is 1. The summed E-state index contributed by atoms with van der Waals surface area (Å²) in [6.07, 6.45) is 3.16. The highest BCUT2D eigenvalue weighted by Gasteiger charge is 2.53. The Morgan fingerprint density at radius 2 is 1.93 bits per heavy atom. The molecule has 0 spiro atoms. The molecule has 0 radical (unpaired) electrons. The van der Waals surface area contributed by atoms with Gasteiger partial charge in [0.2, 0.25) is 5.91 Å². The second-order valence-corrected chi connectivity index (χ2v) is 7.54. The molecule has 148 valence electrons. The van der Waals surface area contributed by atoms with Crippen molar-refractivity contribution in [3.05, 3.63) is 35.9 Å². The van der Waals surface area contributed by atoms with E-state index >= 15 is 0 Å². The number of nitrogens with one attached hydrogen (secondary N) is 1. The largest absolute Gasteiger partial charge is 0.481 e. The number of aliphatic carboxylic acids is 1. The van der Waals surface area contributed by atoms with Crippen molar-refractivity contribution < 1.29 is 14.7 Å². The summed E-state index contributed by atoms with van der Waals surface area (Å²) in [4.78, 5) is 27.5. The van der Waals surface area contributed by atoms with Gasteiger partial charge in [-0.15, -0.1) is 0 Å². The number of carbonyl (C=O) groups excluding carboxylic acids is 1. The lowest BCUT2D eigenvalue weighted by atomic mass is 9.63. The molecule has 1 aromatic carbocycles. The van der Waals surface area contributed by atoms with Crippen molar-refractivity contribution in [2.75, 3.05) is 0 Å². The normalized spacial score (nSPS) is 23.6. The first-order valence-corrected chi connectivity index (χ1v) is 9.40. The summed E-state index contributed by atoms with van der Waals surface area (Å²) in [5.41, 5.74) is 11.7. The van der Waals surface area contributed by atoms with Crippen LogP contribution < -0.4 is 16.8 Å². The van der Waals surface area contributed by atoms with Crippen LogP contribution in [0, 0.1) is 11.8 Å². The summed E-state index contributed by atoms with van der Waals surface area (Å²) in [6, 6.07) is 9.88. The zero-order valence-electron chi connectivity index (χ0n) is 16.0. The van der Waals surface area contributed by atoms with Gasteiger partial charge in [0, 0.05) is 6.92 Å². The number of carboxylic acids is 1. The number of rotatable bonds is 9. The van der Waals surface area contributed by atoms with E-state index in [4.69, 9.17) is 11.5 Å². The maximum Gasteiger partial charge on any atom is 0.306 e. The molecule has 0 heterocycles. The molecule has 7 heteroatoms. The van der Waals surface area contributed by atoms with Gasteiger partial charge >= 0.3 is 5.97 Å². The van der Waals surface area contributed by atoms with E-state index in [9.17, 15) is 14.7 Å². The summed E-state index contributed by atoms with van der Waals surface area (Å²) in [5.74, 6) is -1.27. The molecular weight excluding hydrogens is 344 g/mol. The van der Waals surface area contributed by atoms with Crippen molar-refractivity contribution in [2.24, 2.45) is 28.3 Å². The van der Waals surface area contributed by atoms with Gasteiger partial charge in [-0.25, -0.2) is 4.99 Å². The molecule has 27 heavy (non-hydrogen) atoms. The first-order chi connectivity index (χ1) is 12.8. The van der Waals surface area contributed by atoms with Crippen LogP contribution in [0.5, 0.6) is 0 Å². The molecule has 1 saturated carbocycles. The van der Waals surface area contributed by atoms with Gasteiger partial charge in [0.05, 0.1) is 17.5 Å². The zero-order chi connectivity index (χ0) is 20.0. The smallest absolute Gasteiger partial charge is 0.306 e. The van der Waals surface area contributed by atoms with Gasteiger partial charge in [0.15, 0.2) is 5.96 Å². The van der Waals surface area contributed by atoms with Crippen LogP contribution in [-0.4, -0.2) is 34.5 Å². The van der Waals surface area contributed by atoms with Crippen LogP contribution in [0.3, 0.4) is 0 Å². The Hall–Kier alpha value is -2.57. The molecule has 1 aromatic rings. The van der Waals surface area contributed by atoms with Crippen LogP contribution in [0.15, 0.2) is 35.3 Å². The van der Waals surface area contributed by atoms with E-state index in [1.165, 1.54) is 12.5 Å². The average Bonchev–Trinajstić information content (AvgIpc) is 2.56. The van der Waals surface area contributed by atoms with Crippen molar-refractivity contribution >= 4 is 17.8 Å². The number of hydrogen-bond acceptors (Lipinski definition) is 3. The topological polar surface area (TPSA) is 131 Å². The Balaban J connectivity index is 2.22. The second kappa shape index (κ2) is 8.88. The van der Waals surface area contributed by atoms with E-state index in [0.717, 1.165) is 12.8 Å². The molecule has 0 aliphatic heterocycles. The lowest BCUT2D eigenvalue weighted by Crippen LogP contribution is -2.61. The summed E-state index contributed by atoms with van der Waals surface area (Å²) in [7, 11) is 0. The minimum atomic E-state index is -0.852. The van der Waals surface area contributed by atoms with Gasteiger partial charge in [0.1, 0.15) is 0 Å². The average molecular weight is 374 g/mol. The van der Waals surface area contributed by atoms with Gasteiger partial charge in [-0.05, 0) is 37.2 Å². The molecule has 2 unspecified atom stereocenters. The van der Waals surface area contributed by atoms with Gasteiger partial charge in [-0.2, -0.15) is 0 Å². The molecular formula is C20H30N4O3. The quantitative estimate of drug-likeness (QED) is 0.386. The molecule has 2 atom stereocenters. The molecule has 1 fully saturated rings. The van der Waals surface area contributed by atoms with E-state index in [1.807, 2.05) is 18.2 Å². The van der Waals surface area contributed by atoms with E-state index < -0.39 is 17.4 Å². The zero-order valence-corrected chi connectivity index (χ0v) is 16.0. The Labute approximate surface area is 160 Å². The molecule has 2 rings (SSSR count). The van der Waals surface area contributed by atoms with Crippen molar-refractivity contribution in [1.82, 2.24) is 5.32 Å². The van der Waals surface area contributed by atoms with Gasteiger partial charge in [0.25, 0.3) is 0 Å². The van der Waals surface area contributed by atoms with E-state index in [2.05, 4.69) is 29.4 Å². The third-order valence-corrected chi connectivity index (χ3v) is 5.44. The monoisotopic (exact) mass is 374 g/mol. The fourth-order valence-corrected chi connectivity index (χ4v) is 4.01. The van der Waals surface area contributed by atoms with Gasteiger partial charge in [-0.3, -0.25) is 9.59 Å². The first-order valence-electron chi connectivity index (χ1n) is 9.40. The molecule has 1 aliphatic carbocycles. The predicted octanol–water partition coefficient (Wildman–Crippen LogP) is 1.66. The van der Waals surface area contributed by atoms with Gasteiger partial charge < -0.3 is 21.9 Å². The Morgan fingerprint density at radius 3 is 2.41 bits per heavy atom. The number of carbonyl (C=O) groups is 2. The Bertz CT molecular complexity index is 680. The summed E-state index contributed by atoms with van der Waals surface area (Å²) in [5, 5.41) is 12.3. The Morgan fingerprint density at radius 1 is 1.30 bits per heavy atom. The fraction of sp³-hybridized carbons (Fsp3) is 0.550. The predicted molar refractivity (Wildman–Crippen MR) is 105 cm³/mol. The Kier molecular flexibility index (Phi) is 6.82. The highest BCUT2D eigenvalue weighted by atomic mass is 16.4. The molecule has 0 aromatic heterocycles. The van der Waals surface area contributed by atoms with Crippen LogP contribution in [0.25, 0.3) is 0 Å². The third kappa shape index (κ3) is 5.45. The van der Waals surface area contributed by atoms with Crippen LogP contribution >= 0.6 is 0 Å². The van der Waals surface area contributed by atoms with Crippen LogP contribution in [-0.2, 0) is 16.0 Å².